The second-order valence-corrected chi connectivity index (χ2v) is 12.5. The van der Waals surface area contributed by atoms with Crippen molar-refractivity contribution in [3.8, 4) is 17.6 Å². The molecule has 3 heterocycles. The van der Waals surface area contributed by atoms with Crippen LogP contribution in [-0.4, -0.2) is 64.7 Å². The second-order valence-electron chi connectivity index (χ2n) is 9.35. The van der Waals surface area contributed by atoms with E-state index >= 15 is 0 Å². The minimum atomic E-state index is -2.94. The van der Waals surface area contributed by atoms with Gasteiger partial charge in [0.2, 0.25) is 12.7 Å². The molecule has 0 unspecified atom stereocenters. The van der Waals surface area contributed by atoms with E-state index in [4.69, 9.17) is 9.47 Å². The quantitative estimate of drug-likeness (QED) is 0.486. The monoisotopic (exact) mass is 521 g/mol. The number of carbonyl (C=O) groups excluding carboxylic acids is 1. The fourth-order valence-corrected chi connectivity index (χ4v) is 7.79. The smallest absolute Gasteiger partial charge is 0.248 e. The molecule has 11 heteroatoms. The molecule has 3 aromatic rings. The van der Waals surface area contributed by atoms with Gasteiger partial charge < -0.3 is 29.4 Å². The third-order valence-corrected chi connectivity index (χ3v) is 10.2. The Morgan fingerprint density at radius 3 is 2.68 bits per heavy atom. The molecular formula is C26H28N5O5P. The molecule has 192 valence electrons. The Balaban J connectivity index is 1.58. The van der Waals surface area contributed by atoms with Gasteiger partial charge in [0.15, 0.2) is 11.5 Å². The Kier molecular flexibility index (Phi) is 6.52. The van der Waals surface area contributed by atoms with E-state index < -0.39 is 13.7 Å². The molecular weight excluding hydrogens is 493 g/mol. The van der Waals surface area contributed by atoms with Gasteiger partial charge >= 0.3 is 0 Å². The maximum atomic E-state index is 14.2. The molecule has 1 fully saturated rings. The molecule has 5 rings (SSSR count). The molecule has 2 aliphatic rings. The van der Waals surface area contributed by atoms with Crippen LogP contribution in [-0.2, 0) is 9.36 Å². The number of aliphatic hydroxyl groups is 1. The van der Waals surface area contributed by atoms with Gasteiger partial charge in [-0.15, -0.1) is 0 Å². The number of ether oxygens (including phenoxy) is 2. The number of carbonyl (C=O) groups is 1. The molecule has 0 bridgehead atoms. The molecule has 1 atom stereocenters. The van der Waals surface area contributed by atoms with Crippen molar-refractivity contribution in [2.45, 2.75) is 26.8 Å². The van der Waals surface area contributed by atoms with Crippen molar-refractivity contribution in [2.24, 2.45) is 0 Å². The van der Waals surface area contributed by atoms with E-state index in [-0.39, 0.29) is 31.1 Å². The number of anilines is 1. The van der Waals surface area contributed by atoms with Gasteiger partial charge in [0.1, 0.15) is 30.9 Å². The van der Waals surface area contributed by atoms with E-state index in [2.05, 4.69) is 21.4 Å². The first-order valence-corrected chi connectivity index (χ1v) is 14.2. The van der Waals surface area contributed by atoms with Crippen LogP contribution in [0.15, 0.2) is 24.3 Å². The molecule has 0 radical (unpaired) electrons. The zero-order valence-corrected chi connectivity index (χ0v) is 21.8. The standard InChI is InChI=1S/C26H28N5O5P/c1-15-18(12-27)5-4-6-19(15)16(2)28-26-20-11-21(37(34)9-7-31(8-10-37)22(33)13-32)24-25(36-14-35-24)23(20)29-17(3)30-26/h4-6,11,16,32H,7-10,13-14H2,1-3H3,(H,28,29,30)/t16-/m1/s1. The molecule has 1 aromatic heterocycles. The number of nitrogens with zero attached hydrogens (tertiary/aromatic N) is 4. The van der Waals surface area contributed by atoms with Crippen LogP contribution >= 0.6 is 7.14 Å². The summed E-state index contributed by atoms with van der Waals surface area (Å²) in [6, 6.07) is 9.51. The lowest BCUT2D eigenvalue weighted by molar-refractivity contribution is -0.133. The molecule has 2 N–H and O–H groups in total. The predicted octanol–water partition coefficient (Wildman–Crippen LogP) is 2.84. The second kappa shape index (κ2) is 9.66. The number of nitrogens with one attached hydrogen (secondary N) is 1. The molecule has 2 aromatic carbocycles. The zero-order valence-electron chi connectivity index (χ0n) is 20.9. The van der Waals surface area contributed by atoms with E-state index in [1.54, 1.807) is 13.0 Å². The van der Waals surface area contributed by atoms with Gasteiger partial charge in [0.05, 0.1) is 23.0 Å². The normalized spacial score (nSPS) is 16.9. The van der Waals surface area contributed by atoms with Crippen LogP contribution in [0, 0.1) is 25.2 Å². The van der Waals surface area contributed by atoms with Crippen LogP contribution in [0.3, 0.4) is 0 Å². The molecule has 37 heavy (non-hydrogen) atoms. The number of aryl methyl sites for hydroxylation is 1. The number of benzene rings is 2. The highest BCUT2D eigenvalue weighted by atomic mass is 31.2. The van der Waals surface area contributed by atoms with Crippen LogP contribution in [0.2, 0.25) is 0 Å². The van der Waals surface area contributed by atoms with E-state index in [0.717, 1.165) is 11.1 Å². The fourth-order valence-electron chi connectivity index (χ4n) is 5.06. The van der Waals surface area contributed by atoms with Gasteiger partial charge in [-0.05, 0) is 44.0 Å². The maximum Gasteiger partial charge on any atom is 0.248 e. The van der Waals surface area contributed by atoms with Gasteiger partial charge in [-0.25, -0.2) is 9.97 Å². The lowest BCUT2D eigenvalue weighted by Gasteiger charge is -2.32. The van der Waals surface area contributed by atoms with Gasteiger partial charge in [0, 0.05) is 30.8 Å². The summed E-state index contributed by atoms with van der Waals surface area (Å²) in [5, 5.41) is 23.3. The fraction of sp³-hybridized carbons (Fsp3) is 0.385. The number of amides is 1. The topological polar surface area (TPSA) is 138 Å². The summed E-state index contributed by atoms with van der Waals surface area (Å²) in [6.45, 7) is 5.74. The molecule has 0 spiro atoms. The van der Waals surface area contributed by atoms with Crippen molar-refractivity contribution in [1.29, 1.82) is 5.26 Å². The lowest BCUT2D eigenvalue weighted by Crippen LogP contribution is -2.42. The molecule has 2 aliphatic heterocycles. The SMILES string of the molecule is Cc1nc(N[C@H](C)c2cccc(C#N)c2C)c2cc(P3(=O)CCN(C(=O)CO)CC3)c3c(c2n1)OCO3. The third kappa shape index (κ3) is 4.39. The number of aliphatic hydroxyl groups excluding tert-OH is 1. The largest absolute Gasteiger partial charge is 0.453 e. The third-order valence-electron chi connectivity index (χ3n) is 7.10. The van der Waals surface area contributed by atoms with Crippen LogP contribution in [0.5, 0.6) is 11.5 Å². The highest BCUT2D eigenvalue weighted by molar-refractivity contribution is 7.72. The number of hydrogen-bond acceptors (Lipinski definition) is 9. The number of fused-ring (bicyclic) bond motifs is 3. The number of nitriles is 1. The Labute approximate surface area is 214 Å². The predicted molar refractivity (Wildman–Crippen MR) is 139 cm³/mol. The Bertz CT molecular complexity index is 1490. The molecule has 0 saturated carbocycles. The van der Waals surface area contributed by atoms with E-state index in [0.29, 0.717) is 58.0 Å². The van der Waals surface area contributed by atoms with Gasteiger partial charge in [-0.3, -0.25) is 4.79 Å². The van der Waals surface area contributed by atoms with Crippen molar-refractivity contribution in [3.05, 3.63) is 46.8 Å². The van der Waals surface area contributed by atoms with Crippen molar-refractivity contribution in [3.63, 3.8) is 0 Å². The van der Waals surface area contributed by atoms with Crippen LogP contribution in [0.4, 0.5) is 5.82 Å². The van der Waals surface area contributed by atoms with Crippen molar-refractivity contribution < 1.29 is 23.9 Å². The van der Waals surface area contributed by atoms with E-state index in [1.165, 1.54) is 4.90 Å². The highest BCUT2D eigenvalue weighted by Gasteiger charge is 2.38. The minimum Gasteiger partial charge on any atom is -0.453 e. The first-order chi connectivity index (χ1) is 17.8. The first kappa shape index (κ1) is 25.0. The highest BCUT2D eigenvalue weighted by Crippen LogP contribution is 2.53. The van der Waals surface area contributed by atoms with Gasteiger partial charge in [-0.1, -0.05) is 12.1 Å². The summed E-state index contributed by atoms with van der Waals surface area (Å²) < 4.78 is 25.8. The Morgan fingerprint density at radius 2 is 1.97 bits per heavy atom. The maximum absolute atomic E-state index is 14.2. The minimum absolute atomic E-state index is 0.00106. The van der Waals surface area contributed by atoms with Crippen LogP contribution in [0.1, 0.15) is 35.5 Å². The molecule has 0 aliphatic carbocycles. The van der Waals surface area contributed by atoms with Crippen molar-refractivity contribution >= 4 is 35.1 Å². The van der Waals surface area contributed by atoms with Crippen molar-refractivity contribution in [2.75, 3.05) is 44.1 Å². The lowest BCUT2D eigenvalue weighted by atomic mass is 9.98. The number of rotatable bonds is 5. The zero-order chi connectivity index (χ0) is 26.3. The number of hydrogen-bond donors (Lipinski definition) is 2. The van der Waals surface area contributed by atoms with Crippen molar-refractivity contribution in [1.82, 2.24) is 14.9 Å². The summed E-state index contributed by atoms with van der Waals surface area (Å²) in [5.41, 5.74) is 3.05. The summed E-state index contributed by atoms with van der Waals surface area (Å²) >= 11 is 0. The Hall–Kier alpha value is -3.67. The average Bonchev–Trinajstić information content (AvgIpc) is 3.38. The summed E-state index contributed by atoms with van der Waals surface area (Å²) in [6.07, 6.45) is 0.568. The summed E-state index contributed by atoms with van der Waals surface area (Å²) in [7, 11) is -2.94. The van der Waals surface area contributed by atoms with Crippen LogP contribution in [0.25, 0.3) is 10.9 Å². The molecule has 1 amide bonds. The number of aromatic nitrogens is 2. The van der Waals surface area contributed by atoms with Crippen LogP contribution < -0.4 is 20.1 Å². The summed E-state index contributed by atoms with van der Waals surface area (Å²) in [5.74, 6) is 1.62. The van der Waals surface area contributed by atoms with Gasteiger partial charge in [-0.2, -0.15) is 5.26 Å². The van der Waals surface area contributed by atoms with E-state index in [1.807, 2.05) is 32.0 Å². The molecule has 1 saturated heterocycles. The Morgan fingerprint density at radius 1 is 1.24 bits per heavy atom. The van der Waals surface area contributed by atoms with E-state index in [9.17, 15) is 19.7 Å². The molecule has 10 nitrogen and oxygen atoms in total. The van der Waals surface area contributed by atoms with Gasteiger partial charge in [0.25, 0.3) is 0 Å². The average molecular weight is 522 g/mol. The summed E-state index contributed by atoms with van der Waals surface area (Å²) in [4.78, 5) is 22.8. The first-order valence-electron chi connectivity index (χ1n) is 12.1.